The summed E-state index contributed by atoms with van der Waals surface area (Å²) in [5.41, 5.74) is 0. The number of unbranched alkanes of at least 4 members (excludes halogenated alkanes) is 3. The molecule has 38 heavy (non-hydrogen) atoms. The van der Waals surface area contributed by atoms with Crippen LogP contribution in [0.5, 0.6) is 0 Å². The van der Waals surface area contributed by atoms with Crippen LogP contribution in [0.25, 0.3) is 0 Å². The van der Waals surface area contributed by atoms with E-state index >= 15 is 0 Å². The molecular weight excluding hydrogens is 814 g/mol. The van der Waals surface area contributed by atoms with Crippen LogP contribution in [0.15, 0.2) is 0 Å². The van der Waals surface area contributed by atoms with Crippen molar-refractivity contribution in [3.63, 3.8) is 0 Å². The van der Waals surface area contributed by atoms with Gasteiger partial charge in [0.05, 0.1) is 0 Å². The molecule has 0 amide bonds. The molecular formula is C34H54Hf2Mg2. The van der Waals surface area contributed by atoms with Gasteiger partial charge in [-0.05, 0) is 27.7 Å². The number of hydrogen-bond acceptors (Lipinski definition) is 0. The van der Waals surface area contributed by atoms with Crippen LogP contribution in [0.4, 0.5) is 0 Å². The molecule has 0 aromatic heterocycles. The Bertz CT molecular complexity index is 605. The molecule has 0 aromatic carbocycles. The van der Waals surface area contributed by atoms with Crippen molar-refractivity contribution < 1.29 is 57.4 Å². The minimum atomic E-state index is 0. The fourth-order valence-corrected chi connectivity index (χ4v) is 0.500. The molecule has 202 valence electrons. The molecule has 0 aliphatic carbocycles. The third kappa shape index (κ3) is 373. The van der Waals surface area contributed by atoms with Crippen LogP contribution in [0.2, 0.25) is 0 Å². The summed E-state index contributed by atoms with van der Waals surface area (Å²) in [5, 5.41) is 0. The van der Waals surface area contributed by atoms with Crippen LogP contribution in [0.1, 0.15) is 72.4 Å². The van der Waals surface area contributed by atoms with Gasteiger partial charge in [0.25, 0.3) is 0 Å². The predicted octanol–water partition coefficient (Wildman–Crippen LogP) is 8.31. The summed E-state index contributed by atoms with van der Waals surface area (Å²) < 4.78 is 0. The first kappa shape index (κ1) is 98.5. The Kier molecular flexibility index (Phi) is 434. The molecule has 0 radical (unpaired) electrons. The van der Waals surface area contributed by atoms with Crippen LogP contribution in [0, 0.1) is 155 Å². The third-order valence-corrected chi connectivity index (χ3v) is 1.60. The summed E-state index contributed by atoms with van der Waals surface area (Å²) in [6.45, 7) is 19.6. The van der Waals surface area contributed by atoms with Crippen molar-refractivity contribution in [2.75, 3.05) is 0 Å². The molecule has 0 fully saturated rings. The second-order valence-electron chi connectivity index (χ2n) is 3.91. The maximum atomic E-state index is 6.18. The van der Waals surface area contributed by atoms with Gasteiger partial charge in [-0.2, -0.15) is 6.42 Å². The molecule has 0 atom stereocenters. The summed E-state index contributed by atoms with van der Waals surface area (Å²) in [6.07, 6.45) is 30.3. The Morgan fingerprint density at radius 2 is 0.684 bits per heavy atom. The Morgan fingerprint density at radius 1 is 0.500 bits per heavy atom. The zero-order valence-electron chi connectivity index (χ0n) is 26.1. The fourth-order valence-electron chi connectivity index (χ4n) is 0.500. The first-order valence-corrected chi connectivity index (χ1v) is 8.71. The van der Waals surface area contributed by atoms with Crippen LogP contribution in [-0.2, 0) is 51.7 Å². The van der Waals surface area contributed by atoms with Gasteiger partial charge in [0.15, 0.2) is 0 Å². The number of hydrogen-bond donors (Lipinski definition) is 0. The Balaban J connectivity index is -0.00000000838. The van der Waals surface area contributed by atoms with E-state index in [2.05, 4.69) is 75.1 Å². The maximum absolute atomic E-state index is 6.18. The molecule has 0 N–H and O–H groups in total. The molecule has 0 nitrogen and oxygen atoms in total. The zero-order valence-corrected chi connectivity index (χ0v) is 36.1. The molecule has 0 unspecified atom stereocenters. The summed E-state index contributed by atoms with van der Waals surface area (Å²) in [5.74, 6) is 26.6. The van der Waals surface area contributed by atoms with Crippen LogP contribution in [-0.4, -0.2) is 46.1 Å². The largest absolute Gasteiger partial charge is 4.00 e. The normalized spacial score (nSPS) is 3.58. The van der Waals surface area contributed by atoms with Crippen molar-refractivity contribution >= 4 is 46.1 Å². The van der Waals surface area contributed by atoms with Gasteiger partial charge in [-0.3, -0.25) is 47.4 Å². The van der Waals surface area contributed by atoms with E-state index in [0.717, 1.165) is 19.3 Å². The monoisotopic (exact) mass is 870 g/mol. The van der Waals surface area contributed by atoms with Gasteiger partial charge < -0.3 is 83.6 Å². The van der Waals surface area contributed by atoms with Crippen molar-refractivity contribution in [1.82, 2.24) is 0 Å². The second-order valence-corrected chi connectivity index (χ2v) is 3.91. The second kappa shape index (κ2) is 167. The van der Waals surface area contributed by atoms with Gasteiger partial charge in [-0.15, -0.1) is 0 Å². The SMILES string of the molecule is [C-]#CC#CC.[C-]#CC#CC.[C-]#CC#CC.[C-]#CC#CC.[CH2-]CCCC.[CH2-]CC[CH2-].[CH3-].[CH3-].[CH3-].[CH3-].[CH3-].[HH].[HH].[HH].[HH].[Hf+4].[Hf+4].[Mg+2].[Mg+2]. The topological polar surface area (TPSA) is 0 Å². The van der Waals surface area contributed by atoms with Gasteiger partial charge in [-0.1, -0.05) is 19.8 Å². The molecule has 0 aliphatic heterocycles. The van der Waals surface area contributed by atoms with Gasteiger partial charge in [0.1, 0.15) is 0 Å². The molecule has 4 heteroatoms. The van der Waals surface area contributed by atoms with Crippen LogP contribution in [0.3, 0.4) is 0 Å². The van der Waals surface area contributed by atoms with E-state index in [1.165, 1.54) is 12.8 Å². The number of rotatable bonds is 3. The third-order valence-electron chi connectivity index (χ3n) is 1.60. The molecule has 0 bridgehead atoms. The van der Waals surface area contributed by atoms with E-state index in [-0.39, 0.29) is 141 Å². The van der Waals surface area contributed by atoms with E-state index in [1.54, 1.807) is 27.7 Å². The zero-order chi connectivity index (χ0) is 24.0. The van der Waals surface area contributed by atoms with Crippen LogP contribution < -0.4 is 0 Å². The van der Waals surface area contributed by atoms with Crippen LogP contribution >= 0.6 is 0 Å². The first-order valence-electron chi connectivity index (χ1n) is 8.71. The van der Waals surface area contributed by atoms with E-state index in [9.17, 15) is 0 Å². The average Bonchev–Trinajstić information content (AvgIpc) is 2.73. The Morgan fingerprint density at radius 3 is 0.684 bits per heavy atom. The molecule has 0 saturated heterocycles. The Hall–Kier alpha value is -0.247. The van der Waals surface area contributed by atoms with E-state index in [1.807, 2.05) is 23.7 Å². The standard InChI is InChI=1S/C5H11.4C5H3.C4H8.5CH3.2Hf.2Mg.4H2/c5*1-3-5-4-2;1-3-4-2;;;;;;;;;;;;;/h1,3-5H2,2H3;4*1H3;1-4H2;5*1H3;;;;;4*1H/q5*-1;-2;5*-1;2*+4;2*+2;;;;. The molecule has 0 saturated carbocycles. The van der Waals surface area contributed by atoms with E-state index in [4.69, 9.17) is 25.7 Å². The quantitative estimate of drug-likeness (QED) is 0.152. The predicted molar refractivity (Wildman–Crippen MR) is 179 cm³/mol. The minimum absolute atomic E-state index is 0. The Labute approximate surface area is 321 Å². The fraction of sp³-hybridized carbons (Fsp3) is 0.294. The molecule has 0 rings (SSSR count). The summed E-state index contributed by atoms with van der Waals surface area (Å²) >= 11 is 0. The molecule has 0 aliphatic rings. The maximum Gasteiger partial charge on any atom is 4.00 e. The van der Waals surface area contributed by atoms with Gasteiger partial charge >= 0.3 is 97.8 Å². The van der Waals surface area contributed by atoms with Crippen molar-refractivity contribution in [1.29, 1.82) is 0 Å². The molecule has 0 heterocycles. The summed E-state index contributed by atoms with van der Waals surface area (Å²) in [6, 6.07) is 0. The van der Waals surface area contributed by atoms with Crippen molar-refractivity contribution in [2.45, 2.75) is 66.7 Å². The van der Waals surface area contributed by atoms with Gasteiger partial charge in [0.2, 0.25) is 0 Å². The van der Waals surface area contributed by atoms with Crippen molar-refractivity contribution in [3.05, 3.63) is 83.6 Å². The summed E-state index contributed by atoms with van der Waals surface area (Å²) in [7, 11) is 0. The van der Waals surface area contributed by atoms with E-state index < -0.39 is 0 Å². The molecule has 0 spiro atoms. The smallest absolute Gasteiger partial charge is 0.358 e. The van der Waals surface area contributed by atoms with Gasteiger partial charge in [-0.25, -0.2) is 36.5 Å². The minimum Gasteiger partial charge on any atom is -0.358 e. The van der Waals surface area contributed by atoms with Crippen molar-refractivity contribution in [3.8, 4) is 71.0 Å². The first-order chi connectivity index (χ1) is 14.0. The average molecular weight is 868 g/mol. The molecule has 0 aromatic rings. The van der Waals surface area contributed by atoms with E-state index in [0.29, 0.717) is 0 Å². The van der Waals surface area contributed by atoms with Crippen molar-refractivity contribution in [2.24, 2.45) is 0 Å². The summed E-state index contributed by atoms with van der Waals surface area (Å²) in [4.78, 5) is 0. The van der Waals surface area contributed by atoms with Gasteiger partial charge in [0, 0.05) is 5.71 Å².